The van der Waals surface area contributed by atoms with Crippen molar-refractivity contribution in [2.45, 2.75) is 51.1 Å². The molecule has 4 rings (SSSR count). The standard InChI is InChI=1S/C15H19ClN6O4/c1-4-18-12(23)8-7-9(26-15(2,3)25-7)13(24-8)22-5-19-6-10(17)20-14(16)21-11(6)22/h5,7-9,13H,4H2,1-3H3,(H,18,23)(H2,17,20,21)/t7-,8+,9+,13-/m1/s1. The normalized spacial score (nSPS) is 29.8. The number of nitrogens with zero attached hydrogens (tertiary/aromatic N) is 4. The molecule has 26 heavy (non-hydrogen) atoms. The van der Waals surface area contributed by atoms with Gasteiger partial charge < -0.3 is 25.3 Å². The SMILES string of the molecule is CCNC(=O)[C@H]1O[C@@H](n2cnc3c(N)nc(Cl)nc32)[C@H]2OC(C)(C)O[C@@H]21. The van der Waals surface area contributed by atoms with Gasteiger partial charge in [0.1, 0.15) is 17.7 Å². The number of likely N-dealkylation sites (N-methyl/N-ethyl adjacent to an activating group) is 1. The van der Waals surface area contributed by atoms with Crippen molar-refractivity contribution in [3.05, 3.63) is 11.6 Å². The quantitative estimate of drug-likeness (QED) is 0.739. The van der Waals surface area contributed by atoms with Gasteiger partial charge in [-0.1, -0.05) is 0 Å². The zero-order valence-corrected chi connectivity index (χ0v) is 15.2. The average Bonchev–Trinajstić information content (AvgIpc) is 3.18. The minimum absolute atomic E-state index is 0.00417. The zero-order chi connectivity index (χ0) is 18.6. The Kier molecular flexibility index (Phi) is 4.03. The molecule has 2 aromatic rings. The lowest BCUT2D eigenvalue weighted by molar-refractivity contribution is -0.197. The van der Waals surface area contributed by atoms with Crippen molar-refractivity contribution in [3.63, 3.8) is 0 Å². The fraction of sp³-hybridized carbons (Fsp3) is 0.600. The molecule has 2 aliphatic heterocycles. The summed E-state index contributed by atoms with van der Waals surface area (Å²) in [5.74, 6) is -0.940. The van der Waals surface area contributed by atoms with Gasteiger partial charge in [0.15, 0.2) is 29.6 Å². The van der Waals surface area contributed by atoms with Gasteiger partial charge in [-0.05, 0) is 32.4 Å². The molecule has 4 heterocycles. The van der Waals surface area contributed by atoms with Crippen LogP contribution in [-0.2, 0) is 19.0 Å². The second kappa shape index (κ2) is 6.02. The van der Waals surface area contributed by atoms with E-state index in [1.165, 1.54) is 6.33 Å². The second-order valence-corrected chi connectivity index (χ2v) is 6.95. The van der Waals surface area contributed by atoms with E-state index in [4.69, 9.17) is 31.5 Å². The number of rotatable bonds is 3. The van der Waals surface area contributed by atoms with Gasteiger partial charge in [0.25, 0.3) is 5.91 Å². The molecular formula is C15H19ClN6O4. The second-order valence-electron chi connectivity index (χ2n) is 6.61. The van der Waals surface area contributed by atoms with Gasteiger partial charge in [-0.15, -0.1) is 0 Å². The van der Waals surface area contributed by atoms with Crippen LogP contribution in [0.5, 0.6) is 0 Å². The summed E-state index contributed by atoms with van der Waals surface area (Å²) in [6.45, 7) is 5.90. The first-order valence-electron chi connectivity index (χ1n) is 8.25. The molecule has 2 aromatic heterocycles. The molecule has 0 aliphatic carbocycles. The van der Waals surface area contributed by atoms with Crippen molar-refractivity contribution in [2.24, 2.45) is 0 Å². The largest absolute Gasteiger partial charge is 0.382 e. The maximum atomic E-state index is 12.4. The van der Waals surface area contributed by atoms with Gasteiger partial charge in [-0.25, -0.2) is 4.98 Å². The van der Waals surface area contributed by atoms with Crippen LogP contribution in [0.25, 0.3) is 11.2 Å². The van der Waals surface area contributed by atoms with Crippen LogP contribution in [0.1, 0.15) is 27.0 Å². The minimum atomic E-state index is -0.843. The highest BCUT2D eigenvalue weighted by Crippen LogP contribution is 2.43. The number of halogens is 1. The molecule has 2 saturated heterocycles. The van der Waals surface area contributed by atoms with E-state index in [2.05, 4.69) is 20.3 Å². The van der Waals surface area contributed by atoms with E-state index in [-0.39, 0.29) is 17.0 Å². The highest BCUT2D eigenvalue weighted by molar-refractivity contribution is 6.28. The molecule has 0 radical (unpaired) electrons. The third-order valence-electron chi connectivity index (χ3n) is 4.33. The molecule has 0 saturated carbocycles. The lowest BCUT2D eigenvalue weighted by Crippen LogP contribution is -2.42. The number of fused-ring (bicyclic) bond motifs is 2. The Morgan fingerprint density at radius 3 is 2.85 bits per heavy atom. The molecule has 0 spiro atoms. The van der Waals surface area contributed by atoms with Crippen LogP contribution in [0, 0.1) is 0 Å². The predicted molar refractivity (Wildman–Crippen MR) is 91.2 cm³/mol. The number of nitrogen functional groups attached to an aromatic ring is 1. The molecule has 0 unspecified atom stereocenters. The van der Waals surface area contributed by atoms with Crippen LogP contribution >= 0.6 is 11.6 Å². The Labute approximate surface area is 154 Å². The minimum Gasteiger partial charge on any atom is -0.382 e. The number of hydrogen-bond acceptors (Lipinski definition) is 8. The number of aromatic nitrogens is 4. The number of carbonyl (C=O) groups is 1. The lowest BCUT2D eigenvalue weighted by Gasteiger charge is -2.24. The molecule has 0 aromatic carbocycles. The average molecular weight is 383 g/mol. The fourth-order valence-corrected chi connectivity index (χ4v) is 3.55. The molecule has 10 nitrogen and oxygen atoms in total. The number of imidazole rings is 1. The number of ether oxygens (including phenoxy) is 3. The number of nitrogens with one attached hydrogen (secondary N) is 1. The van der Waals surface area contributed by atoms with Crippen molar-refractivity contribution < 1.29 is 19.0 Å². The third kappa shape index (κ3) is 2.69. The van der Waals surface area contributed by atoms with Crippen LogP contribution in [0.2, 0.25) is 5.28 Å². The molecule has 2 fully saturated rings. The van der Waals surface area contributed by atoms with E-state index in [0.717, 1.165) is 0 Å². The molecule has 140 valence electrons. The Morgan fingerprint density at radius 1 is 1.38 bits per heavy atom. The highest BCUT2D eigenvalue weighted by Gasteiger charge is 2.58. The predicted octanol–water partition coefficient (Wildman–Crippen LogP) is 0.615. The first-order valence-corrected chi connectivity index (χ1v) is 8.63. The van der Waals surface area contributed by atoms with E-state index in [1.807, 2.05) is 6.92 Å². The zero-order valence-electron chi connectivity index (χ0n) is 14.5. The van der Waals surface area contributed by atoms with E-state index in [0.29, 0.717) is 17.7 Å². The maximum Gasteiger partial charge on any atom is 0.252 e. The molecule has 4 atom stereocenters. The monoisotopic (exact) mass is 382 g/mol. The first kappa shape index (κ1) is 17.4. The molecule has 2 aliphatic rings. The van der Waals surface area contributed by atoms with Gasteiger partial charge in [-0.3, -0.25) is 9.36 Å². The topological polar surface area (TPSA) is 126 Å². The summed E-state index contributed by atoms with van der Waals surface area (Å²) in [6.07, 6.45) is -1.06. The van der Waals surface area contributed by atoms with E-state index >= 15 is 0 Å². The molecule has 1 amide bonds. The number of hydrogen-bond donors (Lipinski definition) is 2. The summed E-state index contributed by atoms with van der Waals surface area (Å²) >= 11 is 5.93. The number of anilines is 1. The van der Waals surface area contributed by atoms with Crippen molar-refractivity contribution in [2.75, 3.05) is 12.3 Å². The molecule has 11 heteroatoms. The summed E-state index contributed by atoms with van der Waals surface area (Å²) in [5, 5.41) is 2.75. The number of nitrogens with two attached hydrogens (primary N) is 1. The van der Waals surface area contributed by atoms with E-state index in [1.54, 1.807) is 18.4 Å². The maximum absolute atomic E-state index is 12.4. The van der Waals surface area contributed by atoms with Crippen LogP contribution in [0.4, 0.5) is 5.82 Å². The number of carbonyl (C=O) groups excluding carboxylic acids is 1. The van der Waals surface area contributed by atoms with Crippen molar-refractivity contribution >= 4 is 34.5 Å². The summed E-state index contributed by atoms with van der Waals surface area (Å²) in [6, 6.07) is 0. The van der Waals surface area contributed by atoms with Crippen LogP contribution in [0.3, 0.4) is 0 Å². The summed E-state index contributed by atoms with van der Waals surface area (Å²) in [7, 11) is 0. The Hall–Kier alpha value is -2.01. The van der Waals surface area contributed by atoms with Gasteiger partial charge in [0.05, 0.1) is 6.33 Å². The van der Waals surface area contributed by atoms with Crippen LogP contribution in [-0.4, -0.2) is 56.1 Å². The summed E-state index contributed by atoms with van der Waals surface area (Å²) in [5.41, 5.74) is 6.66. The Morgan fingerprint density at radius 2 is 2.12 bits per heavy atom. The summed E-state index contributed by atoms with van der Waals surface area (Å²) < 4.78 is 19.5. The molecule has 0 bridgehead atoms. The first-order chi connectivity index (χ1) is 12.3. The Bertz CT molecular complexity index is 871. The lowest BCUT2D eigenvalue weighted by atomic mass is 10.1. The van der Waals surface area contributed by atoms with Gasteiger partial charge in [0.2, 0.25) is 5.28 Å². The van der Waals surface area contributed by atoms with E-state index in [9.17, 15) is 4.79 Å². The molecule has 3 N–H and O–H groups in total. The molecular weight excluding hydrogens is 364 g/mol. The van der Waals surface area contributed by atoms with Crippen molar-refractivity contribution in [3.8, 4) is 0 Å². The fourth-order valence-electron chi connectivity index (χ4n) is 3.38. The van der Waals surface area contributed by atoms with Gasteiger partial charge in [0, 0.05) is 6.54 Å². The van der Waals surface area contributed by atoms with Crippen LogP contribution in [0.15, 0.2) is 6.33 Å². The van der Waals surface area contributed by atoms with Crippen LogP contribution < -0.4 is 11.1 Å². The third-order valence-corrected chi connectivity index (χ3v) is 4.50. The smallest absolute Gasteiger partial charge is 0.252 e. The van der Waals surface area contributed by atoms with Crippen molar-refractivity contribution in [1.29, 1.82) is 0 Å². The van der Waals surface area contributed by atoms with Gasteiger partial charge >= 0.3 is 0 Å². The van der Waals surface area contributed by atoms with Crippen molar-refractivity contribution in [1.82, 2.24) is 24.8 Å². The van der Waals surface area contributed by atoms with Gasteiger partial charge in [-0.2, -0.15) is 9.97 Å². The summed E-state index contributed by atoms with van der Waals surface area (Å²) in [4.78, 5) is 24.8. The van der Waals surface area contributed by atoms with E-state index < -0.39 is 30.3 Å². The number of amides is 1. The highest BCUT2D eigenvalue weighted by atomic mass is 35.5. The Balaban J connectivity index is 1.76.